The molecule has 1 atom stereocenters. The number of nitrogens with one attached hydrogen (secondary N) is 1. The molecule has 1 aromatic carbocycles. The van der Waals surface area contributed by atoms with Crippen LogP contribution in [-0.2, 0) is 6.42 Å². The molecule has 0 aliphatic carbocycles. The van der Waals surface area contributed by atoms with Gasteiger partial charge in [-0.25, -0.2) is 0 Å². The third-order valence-corrected chi connectivity index (χ3v) is 3.83. The van der Waals surface area contributed by atoms with E-state index in [1.807, 2.05) is 7.05 Å². The molecule has 0 radical (unpaired) electrons. The zero-order valence-corrected chi connectivity index (χ0v) is 11.3. The van der Waals surface area contributed by atoms with Crippen LogP contribution in [0.1, 0.15) is 31.9 Å². The molecule has 0 amide bonds. The van der Waals surface area contributed by atoms with Gasteiger partial charge in [0.05, 0.1) is 0 Å². The summed E-state index contributed by atoms with van der Waals surface area (Å²) < 4.78 is 0. The normalized spacial score (nSPS) is 15.1. The van der Waals surface area contributed by atoms with Gasteiger partial charge in [0, 0.05) is 6.54 Å². The van der Waals surface area contributed by atoms with Crippen LogP contribution in [0, 0.1) is 18.3 Å². The first-order valence-corrected chi connectivity index (χ1v) is 6.18. The Kier molecular flexibility index (Phi) is 4.55. The fraction of sp³-hybridized carbons (Fsp3) is 0.600. The largest absolute Gasteiger partial charge is 0.319 e. The van der Waals surface area contributed by atoms with Gasteiger partial charge in [-0.3, -0.25) is 0 Å². The second-order valence-corrected chi connectivity index (χ2v) is 5.44. The average Bonchev–Trinajstić information content (AvgIpc) is 2.21. The van der Waals surface area contributed by atoms with Gasteiger partial charge in [0.15, 0.2) is 0 Å². The van der Waals surface area contributed by atoms with Crippen LogP contribution in [0.3, 0.4) is 0 Å². The monoisotopic (exact) mass is 219 g/mol. The molecule has 0 spiro atoms. The van der Waals surface area contributed by atoms with E-state index in [0.717, 1.165) is 13.0 Å². The molecule has 0 heterocycles. The Balaban J connectivity index is 2.88. The predicted octanol–water partition coefficient (Wildman–Crippen LogP) is 3.42. The Labute approximate surface area is 100 Å². The maximum Gasteiger partial charge on any atom is 0.000780 e. The zero-order chi connectivity index (χ0) is 12.2. The molecular weight excluding hydrogens is 194 g/mol. The van der Waals surface area contributed by atoms with Crippen LogP contribution in [-0.4, -0.2) is 13.6 Å². The molecule has 0 aromatic heterocycles. The van der Waals surface area contributed by atoms with Crippen LogP contribution in [0.5, 0.6) is 0 Å². The fourth-order valence-electron chi connectivity index (χ4n) is 2.12. The third kappa shape index (κ3) is 3.08. The van der Waals surface area contributed by atoms with Crippen molar-refractivity contribution in [2.75, 3.05) is 13.6 Å². The van der Waals surface area contributed by atoms with Crippen molar-refractivity contribution in [2.45, 2.75) is 34.1 Å². The molecule has 90 valence electrons. The molecule has 0 aliphatic rings. The number of aryl methyl sites for hydroxylation is 1. The minimum atomic E-state index is 0.334. The maximum absolute atomic E-state index is 3.33. The second-order valence-electron chi connectivity index (χ2n) is 5.44. The molecule has 1 nitrogen and oxygen atoms in total. The number of rotatable bonds is 5. The van der Waals surface area contributed by atoms with E-state index in [1.54, 1.807) is 0 Å². The molecule has 16 heavy (non-hydrogen) atoms. The summed E-state index contributed by atoms with van der Waals surface area (Å²) in [6.45, 7) is 10.3. The molecule has 0 fully saturated rings. The van der Waals surface area contributed by atoms with E-state index in [-0.39, 0.29) is 0 Å². The van der Waals surface area contributed by atoms with Gasteiger partial charge in [-0.15, -0.1) is 0 Å². The third-order valence-electron chi connectivity index (χ3n) is 3.83. The van der Waals surface area contributed by atoms with Gasteiger partial charge in [0.1, 0.15) is 0 Å². The van der Waals surface area contributed by atoms with Gasteiger partial charge in [-0.05, 0) is 42.9 Å². The quantitative estimate of drug-likeness (QED) is 0.800. The molecule has 1 rings (SSSR count). The van der Waals surface area contributed by atoms with Crippen molar-refractivity contribution in [3.05, 3.63) is 35.4 Å². The van der Waals surface area contributed by atoms with Gasteiger partial charge in [0.2, 0.25) is 0 Å². The molecule has 1 N–H and O–H groups in total. The summed E-state index contributed by atoms with van der Waals surface area (Å²) in [4.78, 5) is 0. The van der Waals surface area contributed by atoms with Crippen LogP contribution < -0.4 is 5.32 Å². The summed E-state index contributed by atoms with van der Waals surface area (Å²) >= 11 is 0. The van der Waals surface area contributed by atoms with Crippen LogP contribution in [0.15, 0.2) is 24.3 Å². The van der Waals surface area contributed by atoms with Crippen molar-refractivity contribution < 1.29 is 0 Å². The van der Waals surface area contributed by atoms with Crippen molar-refractivity contribution in [1.82, 2.24) is 5.32 Å². The van der Waals surface area contributed by atoms with E-state index in [2.05, 4.69) is 57.3 Å². The molecule has 1 aromatic rings. The molecular formula is C15H25N. The summed E-state index contributed by atoms with van der Waals surface area (Å²) in [6, 6.07) is 8.72. The van der Waals surface area contributed by atoms with Crippen molar-refractivity contribution >= 4 is 0 Å². The van der Waals surface area contributed by atoms with Crippen LogP contribution in [0.4, 0.5) is 0 Å². The Morgan fingerprint density at radius 2 is 1.88 bits per heavy atom. The number of benzene rings is 1. The molecule has 0 saturated heterocycles. The Morgan fingerprint density at radius 3 is 2.38 bits per heavy atom. The summed E-state index contributed by atoms with van der Waals surface area (Å²) in [5, 5.41) is 3.33. The Bertz CT molecular complexity index is 330. The topological polar surface area (TPSA) is 12.0 Å². The lowest BCUT2D eigenvalue weighted by atomic mass is 9.74. The predicted molar refractivity (Wildman–Crippen MR) is 71.8 cm³/mol. The zero-order valence-electron chi connectivity index (χ0n) is 11.3. The van der Waals surface area contributed by atoms with E-state index >= 15 is 0 Å². The lowest BCUT2D eigenvalue weighted by molar-refractivity contribution is 0.212. The van der Waals surface area contributed by atoms with E-state index in [1.165, 1.54) is 11.1 Å². The van der Waals surface area contributed by atoms with Crippen LogP contribution in [0.2, 0.25) is 0 Å². The van der Waals surface area contributed by atoms with Crippen molar-refractivity contribution in [3.8, 4) is 0 Å². The summed E-state index contributed by atoms with van der Waals surface area (Å²) in [6.07, 6.45) is 1.15. The summed E-state index contributed by atoms with van der Waals surface area (Å²) in [5.74, 6) is 0.680. The van der Waals surface area contributed by atoms with Gasteiger partial charge in [-0.2, -0.15) is 0 Å². The van der Waals surface area contributed by atoms with Gasteiger partial charge >= 0.3 is 0 Å². The highest BCUT2D eigenvalue weighted by molar-refractivity contribution is 5.26. The Hall–Kier alpha value is -0.820. The number of hydrogen-bond acceptors (Lipinski definition) is 1. The van der Waals surface area contributed by atoms with Crippen LogP contribution in [0.25, 0.3) is 0 Å². The lowest BCUT2D eigenvalue weighted by Gasteiger charge is -2.34. The highest BCUT2D eigenvalue weighted by Crippen LogP contribution is 2.31. The summed E-state index contributed by atoms with van der Waals surface area (Å²) in [7, 11) is 2.04. The Morgan fingerprint density at radius 1 is 1.25 bits per heavy atom. The van der Waals surface area contributed by atoms with E-state index in [4.69, 9.17) is 0 Å². The molecule has 1 heteroatoms. The number of hydrogen-bond donors (Lipinski definition) is 1. The van der Waals surface area contributed by atoms with E-state index in [0.29, 0.717) is 11.3 Å². The van der Waals surface area contributed by atoms with Crippen molar-refractivity contribution in [3.63, 3.8) is 0 Å². The lowest BCUT2D eigenvalue weighted by Crippen LogP contribution is -2.36. The summed E-state index contributed by atoms with van der Waals surface area (Å²) in [5.41, 5.74) is 3.22. The smallest absolute Gasteiger partial charge is 0.000780 e. The molecule has 0 saturated carbocycles. The van der Waals surface area contributed by atoms with Crippen molar-refractivity contribution in [2.24, 2.45) is 11.3 Å². The van der Waals surface area contributed by atoms with Gasteiger partial charge < -0.3 is 5.32 Å². The minimum Gasteiger partial charge on any atom is -0.319 e. The minimum absolute atomic E-state index is 0.334. The first-order valence-electron chi connectivity index (χ1n) is 6.18. The van der Waals surface area contributed by atoms with Crippen LogP contribution >= 0.6 is 0 Å². The van der Waals surface area contributed by atoms with E-state index < -0.39 is 0 Å². The second kappa shape index (κ2) is 5.49. The highest BCUT2D eigenvalue weighted by atomic mass is 14.8. The first kappa shape index (κ1) is 13.2. The molecule has 1 unspecified atom stereocenters. The van der Waals surface area contributed by atoms with Gasteiger partial charge in [0.25, 0.3) is 0 Å². The SMILES string of the molecule is CNCC(C)(Cc1ccccc1C)C(C)C. The van der Waals surface area contributed by atoms with E-state index in [9.17, 15) is 0 Å². The van der Waals surface area contributed by atoms with Crippen molar-refractivity contribution in [1.29, 1.82) is 0 Å². The molecule has 0 bridgehead atoms. The fourth-order valence-corrected chi connectivity index (χ4v) is 2.12. The standard InChI is InChI=1S/C15H25N/c1-12(2)15(4,11-16-5)10-14-9-7-6-8-13(14)3/h6-9,12,16H,10-11H2,1-5H3. The first-order chi connectivity index (χ1) is 7.49. The van der Waals surface area contributed by atoms with Gasteiger partial charge in [-0.1, -0.05) is 45.0 Å². The average molecular weight is 219 g/mol. The maximum atomic E-state index is 3.33. The molecule has 0 aliphatic heterocycles. The highest BCUT2D eigenvalue weighted by Gasteiger charge is 2.28.